The zero-order chi connectivity index (χ0) is 12.5. The first-order valence-electron chi connectivity index (χ1n) is 5.87. The van der Waals surface area contributed by atoms with Crippen molar-refractivity contribution in [3.8, 4) is 22.8 Å². The fraction of sp³-hybridized carbons (Fsp3) is 0.308. The lowest BCUT2D eigenvalue weighted by molar-refractivity contribution is 0.297. The fourth-order valence-corrected chi connectivity index (χ4v) is 2.00. The van der Waals surface area contributed by atoms with E-state index in [1.165, 1.54) is 0 Å². The van der Waals surface area contributed by atoms with Gasteiger partial charge in [0.1, 0.15) is 5.69 Å². The normalized spacial score (nSPS) is 14.3. The van der Waals surface area contributed by atoms with Gasteiger partial charge in [0.15, 0.2) is 11.5 Å². The summed E-state index contributed by atoms with van der Waals surface area (Å²) in [6.07, 6.45) is 0.889. The summed E-state index contributed by atoms with van der Waals surface area (Å²) in [6, 6.07) is 5.58. The van der Waals surface area contributed by atoms with Crippen molar-refractivity contribution in [3.63, 3.8) is 0 Å². The van der Waals surface area contributed by atoms with Crippen LogP contribution in [-0.4, -0.2) is 18.4 Å². The molecule has 5 nitrogen and oxygen atoms in total. The van der Waals surface area contributed by atoms with Crippen LogP contribution in [0.1, 0.15) is 12.0 Å². The van der Waals surface area contributed by atoms with E-state index in [0.29, 0.717) is 24.8 Å². The highest BCUT2D eigenvalue weighted by atomic mass is 16.5. The van der Waals surface area contributed by atoms with Crippen LogP contribution in [0, 0.1) is 6.92 Å². The van der Waals surface area contributed by atoms with Crippen LogP contribution in [-0.2, 0) is 0 Å². The Kier molecular flexibility index (Phi) is 2.59. The molecule has 0 saturated heterocycles. The van der Waals surface area contributed by atoms with Gasteiger partial charge in [-0.05, 0) is 24.6 Å². The molecule has 0 saturated carbocycles. The number of aryl methyl sites for hydroxylation is 1. The van der Waals surface area contributed by atoms with Crippen molar-refractivity contribution in [3.05, 3.63) is 23.8 Å². The van der Waals surface area contributed by atoms with E-state index < -0.39 is 0 Å². The van der Waals surface area contributed by atoms with Gasteiger partial charge >= 0.3 is 0 Å². The van der Waals surface area contributed by atoms with Crippen molar-refractivity contribution in [2.75, 3.05) is 18.9 Å². The molecule has 0 amide bonds. The summed E-state index contributed by atoms with van der Waals surface area (Å²) in [5.41, 5.74) is 8.25. The maximum absolute atomic E-state index is 5.66. The minimum Gasteiger partial charge on any atom is -0.490 e. The highest BCUT2D eigenvalue weighted by Gasteiger charge is 2.15. The predicted molar refractivity (Wildman–Crippen MR) is 66.7 cm³/mol. The third-order valence-corrected chi connectivity index (χ3v) is 2.90. The molecule has 1 aromatic heterocycles. The molecule has 0 unspecified atom stereocenters. The SMILES string of the molecule is Cc1cc2c(cc1-c1cc(N)on1)OCCCO2. The van der Waals surface area contributed by atoms with E-state index in [4.69, 9.17) is 19.7 Å². The standard InChI is InChI=1S/C13H14N2O3/c1-8-5-11-12(17-4-2-3-16-11)6-9(8)10-7-13(14)18-15-10/h5-7H,2-4,14H2,1H3. The van der Waals surface area contributed by atoms with Crippen LogP contribution >= 0.6 is 0 Å². The van der Waals surface area contributed by atoms with E-state index in [0.717, 1.165) is 29.0 Å². The highest BCUT2D eigenvalue weighted by molar-refractivity contribution is 5.69. The first-order valence-corrected chi connectivity index (χ1v) is 5.87. The zero-order valence-electron chi connectivity index (χ0n) is 10.1. The molecular formula is C13H14N2O3. The number of hydrogen-bond donors (Lipinski definition) is 1. The Balaban J connectivity index is 2.08. The maximum Gasteiger partial charge on any atom is 0.222 e. The number of nitrogen functional groups attached to an aromatic ring is 1. The van der Waals surface area contributed by atoms with Crippen molar-refractivity contribution in [1.29, 1.82) is 0 Å². The minimum absolute atomic E-state index is 0.302. The van der Waals surface area contributed by atoms with Gasteiger partial charge in [-0.2, -0.15) is 0 Å². The summed E-state index contributed by atoms with van der Waals surface area (Å²) in [6.45, 7) is 3.34. The smallest absolute Gasteiger partial charge is 0.222 e. The Morgan fingerprint density at radius 3 is 2.50 bits per heavy atom. The molecule has 0 bridgehead atoms. The number of hydrogen-bond acceptors (Lipinski definition) is 5. The molecule has 0 radical (unpaired) electrons. The zero-order valence-corrected chi connectivity index (χ0v) is 10.1. The van der Waals surface area contributed by atoms with Crippen LogP contribution in [0.4, 0.5) is 5.88 Å². The van der Waals surface area contributed by atoms with Gasteiger partial charge in [-0.1, -0.05) is 5.16 Å². The first-order chi connectivity index (χ1) is 8.74. The molecule has 0 atom stereocenters. The average Bonchev–Trinajstić information content (AvgIpc) is 2.65. The lowest BCUT2D eigenvalue weighted by Crippen LogP contribution is -1.97. The van der Waals surface area contributed by atoms with E-state index in [1.807, 2.05) is 19.1 Å². The molecule has 2 N–H and O–H groups in total. The van der Waals surface area contributed by atoms with Crippen molar-refractivity contribution >= 4 is 5.88 Å². The van der Waals surface area contributed by atoms with Gasteiger partial charge in [0, 0.05) is 18.1 Å². The van der Waals surface area contributed by atoms with Crippen molar-refractivity contribution in [2.24, 2.45) is 0 Å². The van der Waals surface area contributed by atoms with Gasteiger partial charge in [-0.25, -0.2) is 0 Å². The van der Waals surface area contributed by atoms with Gasteiger partial charge < -0.3 is 19.7 Å². The number of anilines is 1. The molecule has 2 heterocycles. The summed E-state index contributed by atoms with van der Waals surface area (Å²) in [5, 5.41) is 3.92. The van der Waals surface area contributed by atoms with Crippen molar-refractivity contribution < 1.29 is 14.0 Å². The molecule has 5 heteroatoms. The van der Waals surface area contributed by atoms with Crippen molar-refractivity contribution in [2.45, 2.75) is 13.3 Å². The third kappa shape index (κ3) is 1.88. The van der Waals surface area contributed by atoms with Gasteiger partial charge in [0.05, 0.1) is 13.2 Å². The Bertz CT molecular complexity index is 578. The van der Waals surface area contributed by atoms with Gasteiger partial charge in [-0.3, -0.25) is 0 Å². The summed E-state index contributed by atoms with van der Waals surface area (Å²) < 4.78 is 16.2. The number of benzene rings is 1. The highest BCUT2D eigenvalue weighted by Crippen LogP contribution is 2.36. The molecule has 0 spiro atoms. The molecule has 1 aliphatic rings. The van der Waals surface area contributed by atoms with E-state index in [1.54, 1.807) is 6.07 Å². The average molecular weight is 246 g/mol. The Labute approximate surface area is 104 Å². The Morgan fingerprint density at radius 2 is 1.83 bits per heavy atom. The second kappa shape index (κ2) is 4.25. The van der Waals surface area contributed by atoms with Crippen LogP contribution in [0.2, 0.25) is 0 Å². The molecule has 1 aliphatic heterocycles. The lowest BCUT2D eigenvalue weighted by atomic mass is 10.0. The molecular weight excluding hydrogens is 232 g/mol. The predicted octanol–water partition coefficient (Wildman–Crippen LogP) is 2.39. The number of rotatable bonds is 1. The second-order valence-corrected chi connectivity index (χ2v) is 4.28. The molecule has 0 fully saturated rings. The van der Waals surface area contributed by atoms with Gasteiger partial charge in [0.25, 0.3) is 0 Å². The van der Waals surface area contributed by atoms with Gasteiger partial charge in [0.2, 0.25) is 5.88 Å². The molecule has 18 heavy (non-hydrogen) atoms. The molecule has 2 aromatic rings. The number of nitrogens with two attached hydrogens (primary N) is 1. The summed E-state index contributed by atoms with van der Waals surface area (Å²) in [7, 11) is 0. The monoisotopic (exact) mass is 246 g/mol. The Hall–Kier alpha value is -2.17. The van der Waals surface area contributed by atoms with Crippen LogP contribution in [0.25, 0.3) is 11.3 Å². The summed E-state index contributed by atoms with van der Waals surface area (Å²) in [5.74, 6) is 1.83. The van der Waals surface area contributed by atoms with E-state index >= 15 is 0 Å². The fourth-order valence-electron chi connectivity index (χ4n) is 2.00. The Morgan fingerprint density at radius 1 is 1.11 bits per heavy atom. The number of aromatic nitrogens is 1. The topological polar surface area (TPSA) is 70.5 Å². The maximum atomic E-state index is 5.66. The van der Waals surface area contributed by atoms with E-state index in [2.05, 4.69) is 5.16 Å². The third-order valence-electron chi connectivity index (χ3n) is 2.90. The summed E-state index contributed by atoms with van der Waals surface area (Å²) in [4.78, 5) is 0. The molecule has 94 valence electrons. The molecule has 0 aliphatic carbocycles. The van der Waals surface area contributed by atoms with Crippen molar-refractivity contribution in [1.82, 2.24) is 5.16 Å². The summed E-state index contributed by atoms with van der Waals surface area (Å²) >= 11 is 0. The van der Waals surface area contributed by atoms with Gasteiger partial charge in [-0.15, -0.1) is 0 Å². The minimum atomic E-state index is 0.302. The lowest BCUT2D eigenvalue weighted by Gasteiger charge is -2.10. The number of ether oxygens (including phenoxy) is 2. The van der Waals surface area contributed by atoms with Crippen LogP contribution in [0.3, 0.4) is 0 Å². The van der Waals surface area contributed by atoms with E-state index in [-0.39, 0.29) is 0 Å². The largest absolute Gasteiger partial charge is 0.490 e. The quantitative estimate of drug-likeness (QED) is 0.836. The first kappa shape index (κ1) is 11.0. The van der Waals surface area contributed by atoms with Crippen LogP contribution in [0.15, 0.2) is 22.7 Å². The van der Waals surface area contributed by atoms with Crippen LogP contribution in [0.5, 0.6) is 11.5 Å². The second-order valence-electron chi connectivity index (χ2n) is 4.28. The van der Waals surface area contributed by atoms with Crippen LogP contribution < -0.4 is 15.2 Å². The number of fused-ring (bicyclic) bond motifs is 1. The molecule has 1 aromatic carbocycles. The molecule has 3 rings (SSSR count). The van der Waals surface area contributed by atoms with E-state index in [9.17, 15) is 0 Å². The number of nitrogens with zero attached hydrogens (tertiary/aromatic N) is 1.